The van der Waals surface area contributed by atoms with Gasteiger partial charge in [0.1, 0.15) is 11.3 Å². The first-order valence-electron chi connectivity index (χ1n) is 6.45. The molecule has 2 unspecified atom stereocenters. The highest BCUT2D eigenvalue weighted by molar-refractivity contribution is 5.83. The summed E-state index contributed by atoms with van der Waals surface area (Å²) in [5, 5.41) is 16.0. The van der Waals surface area contributed by atoms with Gasteiger partial charge in [-0.15, -0.1) is 0 Å². The highest BCUT2D eigenvalue weighted by Gasteiger charge is 2.45. The van der Waals surface area contributed by atoms with E-state index in [9.17, 15) is 9.90 Å². The van der Waals surface area contributed by atoms with E-state index in [4.69, 9.17) is 4.74 Å². The minimum absolute atomic E-state index is 0.00458. The van der Waals surface area contributed by atoms with Crippen LogP contribution in [0.4, 0.5) is 5.69 Å². The number of hydrogen-bond donors (Lipinski definition) is 3. The first kappa shape index (κ1) is 13.7. The fourth-order valence-electron chi connectivity index (χ4n) is 2.54. The fourth-order valence-corrected chi connectivity index (χ4v) is 2.54. The normalized spacial score (nSPS) is 26.7. The second kappa shape index (κ2) is 5.48. The number of carboxylic acids is 1. The molecular weight excluding hydrogens is 244 g/mol. The van der Waals surface area contributed by atoms with Gasteiger partial charge in [0.25, 0.3) is 0 Å². The van der Waals surface area contributed by atoms with Crippen molar-refractivity contribution in [2.24, 2.45) is 5.92 Å². The Labute approximate surface area is 113 Å². The quantitative estimate of drug-likeness (QED) is 0.770. The van der Waals surface area contributed by atoms with Crippen molar-refractivity contribution in [3.05, 3.63) is 24.3 Å². The number of nitrogens with one attached hydrogen (secondary N) is 2. The van der Waals surface area contributed by atoms with Crippen LogP contribution in [-0.2, 0) is 4.79 Å². The molecule has 3 N–H and O–H groups in total. The highest BCUT2D eigenvalue weighted by Crippen LogP contribution is 2.30. The summed E-state index contributed by atoms with van der Waals surface area (Å²) < 4.78 is 5.16. The van der Waals surface area contributed by atoms with Crippen molar-refractivity contribution in [3.63, 3.8) is 0 Å². The number of rotatable bonds is 4. The SMILES string of the molecule is COc1cccc(NC2(C(=O)O)CCNCC2C)c1. The molecule has 0 spiro atoms. The van der Waals surface area contributed by atoms with E-state index in [1.165, 1.54) is 0 Å². The van der Waals surface area contributed by atoms with Gasteiger partial charge in [-0.05, 0) is 25.1 Å². The Balaban J connectivity index is 2.27. The summed E-state index contributed by atoms with van der Waals surface area (Å²) in [5.41, 5.74) is -0.145. The summed E-state index contributed by atoms with van der Waals surface area (Å²) >= 11 is 0. The molecule has 5 nitrogen and oxygen atoms in total. The number of carbonyl (C=O) groups is 1. The molecule has 1 aliphatic rings. The molecule has 5 heteroatoms. The van der Waals surface area contributed by atoms with E-state index in [1.54, 1.807) is 7.11 Å². The lowest BCUT2D eigenvalue weighted by atomic mass is 9.79. The largest absolute Gasteiger partial charge is 0.497 e. The summed E-state index contributed by atoms with van der Waals surface area (Å²) in [5.74, 6) is -0.0820. The lowest BCUT2D eigenvalue weighted by Gasteiger charge is -2.40. The van der Waals surface area contributed by atoms with Crippen LogP contribution in [0.3, 0.4) is 0 Å². The molecule has 1 saturated heterocycles. The Morgan fingerprint density at radius 2 is 2.37 bits per heavy atom. The molecule has 1 fully saturated rings. The van der Waals surface area contributed by atoms with Crippen LogP contribution < -0.4 is 15.4 Å². The molecule has 2 rings (SSSR count). The lowest BCUT2D eigenvalue weighted by molar-refractivity contribution is -0.145. The number of piperidine rings is 1. The van der Waals surface area contributed by atoms with Crippen LogP contribution in [0, 0.1) is 5.92 Å². The van der Waals surface area contributed by atoms with Crippen molar-refractivity contribution in [1.82, 2.24) is 5.32 Å². The van der Waals surface area contributed by atoms with Gasteiger partial charge >= 0.3 is 5.97 Å². The van der Waals surface area contributed by atoms with Gasteiger partial charge in [0.15, 0.2) is 0 Å². The van der Waals surface area contributed by atoms with Crippen molar-refractivity contribution in [1.29, 1.82) is 0 Å². The molecule has 0 amide bonds. The van der Waals surface area contributed by atoms with Crippen LogP contribution in [0.15, 0.2) is 24.3 Å². The van der Waals surface area contributed by atoms with Crippen LogP contribution in [0.5, 0.6) is 5.75 Å². The Kier molecular flexibility index (Phi) is 3.95. The fraction of sp³-hybridized carbons (Fsp3) is 0.500. The summed E-state index contributed by atoms with van der Waals surface area (Å²) in [4.78, 5) is 11.7. The van der Waals surface area contributed by atoms with E-state index in [0.717, 1.165) is 5.69 Å². The Morgan fingerprint density at radius 3 is 3.00 bits per heavy atom. The first-order chi connectivity index (χ1) is 9.08. The van der Waals surface area contributed by atoms with E-state index < -0.39 is 11.5 Å². The molecule has 0 radical (unpaired) electrons. The molecule has 0 aliphatic carbocycles. The van der Waals surface area contributed by atoms with Crippen LogP contribution in [0.1, 0.15) is 13.3 Å². The van der Waals surface area contributed by atoms with Crippen LogP contribution in [-0.4, -0.2) is 36.8 Å². The molecule has 104 valence electrons. The van der Waals surface area contributed by atoms with Crippen LogP contribution >= 0.6 is 0 Å². The van der Waals surface area contributed by atoms with Crippen LogP contribution in [0.2, 0.25) is 0 Å². The van der Waals surface area contributed by atoms with Gasteiger partial charge in [-0.1, -0.05) is 13.0 Å². The second-order valence-electron chi connectivity index (χ2n) is 4.99. The van der Waals surface area contributed by atoms with Crippen molar-refractivity contribution >= 4 is 11.7 Å². The average Bonchev–Trinajstić information content (AvgIpc) is 2.41. The Hall–Kier alpha value is -1.75. The van der Waals surface area contributed by atoms with E-state index in [1.807, 2.05) is 31.2 Å². The standard InChI is InChI=1S/C14H20N2O3/c1-10-9-15-7-6-14(10,13(17)18)16-11-4-3-5-12(8-11)19-2/h3-5,8,10,15-16H,6-7,9H2,1-2H3,(H,17,18). The van der Waals surface area contributed by atoms with Gasteiger partial charge in [0, 0.05) is 24.2 Å². The Morgan fingerprint density at radius 1 is 1.58 bits per heavy atom. The van der Waals surface area contributed by atoms with Crippen molar-refractivity contribution in [2.45, 2.75) is 18.9 Å². The molecule has 2 atom stereocenters. The van der Waals surface area contributed by atoms with Gasteiger partial charge < -0.3 is 20.5 Å². The number of methoxy groups -OCH3 is 1. The molecule has 1 aromatic rings. The minimum atomic E-state index is -0.919. The van der Waals surface area contributed by atoms with E-state index >= 15 is 0 Å². The van der Waals surface area contributed by atoms with E-state index in [-0.39, 0.29) is 5.92 Å². The summed E-state index contributed by atoms with van der Waals surface area (Å²) in [6, 6.07) is 7.37. The second-order valence-corrected chi connectivity index (χ2v) is 4.99. The predicted octanol–water partition coefficient (Wildman–Crippen LogP) is 1.56. The van der Waals surface area contributed by atoms with Crippen molar-refractivity contribution < 1.29 is 14.6 Å². The molecule has 1 aliphatic heterocycles. The average molecular weight is 264 g/mol. The van der Waals surface area contributed by atoms with Crippen molar-refractivity contribution in [3.8, 4) is 5.75 Å². The maximum Gasteiger partial charge on any atom is 0.329 e. The minimum Gasteiger partial charge on any atom is -0.497 e. The Bertz CT molecular complexity index is 464. The van der Waals surface area contributed by atoms with Gasteiger partial charge in [-0.3, -0.25) is 0 Å². The number of benzene rings is 1. The number of aliphatic carboxylic acids is 1. The zero-order valence-corrected chi connectivity index (χ0v) is 11.3. The molecule has 0 aromatic heterocycles. The van der Waals surface area contributed by atoms with Gasteiger partial charge in [-0.25, -0.2) is 4.79 Å². The van der Waals surface area contributed by atoms with Crippen LogP contribution in [0.25, 0.3) is 0 Å². The maximum absolute atomic E-state index is 11.7. The third-order valence-electron chi connectivity index (χ3n) is 3.81. The zero-order chi connectivity index (χ0) is 13.9. The number of anilines is 1. The monoisotopic (exact) mass is 264 g/mol. The smallest absolute Gasteiger partial charge is 0.329 e. The summed E-state index contributed by atoms with van der Waals surface area (Å²) in [6.45, 7) is 3.35. The van der Waals surface area contributed by atoms with E-state index in [0.29, 0.717) is 25.3 Å². The molecule has 1 aromatic carbocycles. The summed E-state index contributed by atoms with van der Waals surface area (Å²) in [7, 11) is 1.60. The molecule has 0 bridgehead atoms. The maximum atomic E-state index is 11.7. The molecule has 0 saturated carbocycles. The number of hydrogen-bond acceptors (Lipinski definition) is 4. The summed E-state index contributed by atoms with van der Waals surface area (Å²) in [6.07, 6.45) is 0.556. The third-order valence-corrected chi connectivity index (χ3v) is 3.81. The van der Waals surface area contributed by atoms with E-state index in [2.05, 4.69) is 10.6 Å². The van der Waals surface area contributed by atoms with Crippen molar-refractivity contribution in [2.75, 3.05) is 25.5 Å². The zero-order valence-electron chi connectivity index (χ0n) is 11.3. The highest BCUT2D eigenvalue weighted by atomic mass is 16.5. The predicted molar refractivity (Wildman–Crippen MR) is 73.6 cm³/mol. The number of ether oxygens (including phenoxy) is 1. The van der Waals surface area contributed by atoms with Gasteiger partial charge in [0.2, 0.25) is 0 Å². The third kappa shape index (κ3) is 2.66. The molecular formula is C14H20N2O3. The molecule has 1 heterocycles. The lowest BCUT2D eigenvalue weighted by Crippen LogP contribution is -2.59. The molecule has 19 heavy (non-hydrogen) atoms. The first-order valence-corrected chi connectivity index (χ1v) is 6.45. The van der Waals surface area contributed by atoms with Gasteiger partial charge in [0.05, 0.1) is 7.11 Å². The van der Waals surface area contributed by atoms with Gasteiger partial charge in [-0.2, -0.15) is 0 Å². The number of carboxylic acid groups (broad SMARTS) is 1. The topological polar surface area (TPSA) is 70.6 Å².